The van der Waals surface area contributed by atoms with Gasteiger partial charge >= 0.3 is 0 Å². The number of hydrogen-bond donors (Lipinski definition) is 1. The lowest BCUT2D eigenvalue weighted by Crippen LogP contribution is -2.17. The second-order valence-electron chi connectivity index (χ2n) is 4.20. The predicted octanol–water partition coefficient (Wildman–Crippen LogP) is 2.69. The lowest BCUT2D eigenvalue weighted by Gasteiger charge is -2.09. The molecule has 0 fully saturated rings. The first-order valence-corrected chi connectivity index (χ1v) is 7.44. The molecule has 0 radical (unpaired) electrons. The second kappa shape index (κ2) is 5.34. The van der Waals surface area contributed by atoms with Crippen LogP contribution in [0.2, 0.25) is 5.15 Å². The normalized spacial score (nSPS) is 11.4. The number of nitrogens with one attached hydrogen (secondary N) is 1. The monoisotopic (exact) mass is 315 g/mol. The van der Waals surface area contributed by atoms with Crippen LogP contribution in [0.3, 0.4) is 0 Å². The van der Waals surface area contributed by atoms with Crippen molar-refractivity contribution in [2.75, 3.05) is 4.72 Å². The van der Waals surface area contributed by atoms with Gasteiger partial charge in [0.1, 0.15) is 15.9 Å². The summed E-state index contributed by atoms with van der Waals surface area (Å²) in [6.07, 6.45) is 0. The molecule has 5 nitrogen and oxygen atoms in total. The molecule has 0 aliphatic carbocycles. The number of nitrogens with zero attached hydrogens (tertiary/aromatic N) is 2. The van der Waals surface area contributed by atoms with Gasteiger partial charge in [0.2, 0.25) is 5.95 Å². The van der Waals surface area contributed by atoms with E-state index in [9.17, 15) is 12.8 Å². The molecule has 2 aromatic rings. The van der Waals surface area contributed by atoms with Gasteiger partial charge in [0.15, 0.2) is 0 Å². The highest BCUT2D eigenvalue weighted by Crippen LogP contribution is 2.19. The number of benzene rings is 1. The summed E-state index contributed by atoms with van der Waals surface area (Å²) in [7, 11) is -4.11. The van der Waals surface area contributed by atoms with Crippen molar-refractivity contribution in [2.45, 2.75) is 18.7 Å². The summed E-state index contributed by atoms with van der Waals surface area (Å²) in [6.45, 7) is 3.30. The van der Waals surface area contributed by atoms with Gasteiger partial charge in [-0.25, -0.2) is 27.5 Å². The van der Waals surface area contributed by atoms with E-state index in [0.717, 1.165) is 6.07 Å². The first kappa shape index (κ1) is 14.7. The molecule has 1 aromatic heterocycles. The predicted molar refractivity (Wildman–Crippen MR) is 73.7 cm³/mol. The van der Waals surface area contributed by atoms with Crippen molar-refractivity contribution in [3.8, 4) is 0 Å². The fourth-order valence-electron chi connectivity index (χ4n) is 1.57. The first-order valence-electron chi connectivity index (χ1n) is 5.58. The van der Waals surface area contributed by atoms with E-state index in [0.29, 0.717) is 11.3 Å². The van der Waals surface area contributed by atoms with Crippen molar-refractivity contribution in [2.24, 2.45) is 0 Å². The highest BCUT2D eigenvalue weighted by molar-refractivity contribution is 7.92. The minimum Gasteiger partial charge on any atom is -0.247 e. The first-order chi connectivity index (χ1) is 9.28. The molecule has 1 heterocycles. The van der Waals surface area contributed by atoms with E-state index in [4.69, 9.17) is 11.6 Å². The van der Waals surface area contributed by atoms with Crippen molar-refractivity contribution in [3.63, 3.8) is 0 Å². The topological polar surface area (TPSA) is 72.0 Å². The van der Waals surface area contributed by atoms with Crippen LogP contribution in [0.4, 0.5) is 10.3 Å². The SMILES string of the molecule is Cc1ccc(F)c(S(=O)(=O)Nc2nc(C)cc(Cl)n2)c1. The molecule has 8 heteroatoms. The van der Waals surface area contributed by atoms with Gasteiger partial charge in [-0.1, -0.05) is 17.7 Å². The van der Waals surface area contributed by atoms with E-state index in [1.807, 2.05) is 0 Å². The van der Waals surface area contributed by atoms with Crippen LogP contribution in [0, 0.1) is 19.7 Å². The molecule has 1 aromatic carbocycles. The van der Waals surface area contributed by atoms with Gasteiger partial charge in [-0.05, 0) is 37.6 Å². The molecule has 0 saturated heterocycles. The quantitative estimate of drug-likeness (QED) is 0.884. The van der Waals surface area contributed by atoms with E-state index >= 15 is 0 Å². The lowest BCUT2D eigenvalue weighted by atomic mass is 10.2. The second-order valence-corrected chi connectivity index (χ2v) is 6.23. The van der Waals surface area contributed by atoms with Crippen LogP contribution in [-0.2, 0) is 10.0 Å². The zero-order chi connectivity index (χ0) is 14.9. The number of halogens is 2. The Hall–Kier alpha value is -1.73. The molecular weight excluding hydrogens is 305 g/mol. The van der Waals surface area contributed by atoms with E-state index < -0.39 is 20.7 Å². The third-order valence-corrected chi connectivity index (χ3v) is 3.96. The number of aromatic nitrogens is 2. The minimum atomic E-state index is -4.11. The summed E-state index contributed by atoms with van der Waals surface area (Å²) in [5.41, 5.74) is 1.11. The standard InChI is InChI=1S/C12H11ClFN3O2S/c1-7-3-4-9(14)10(5-7)20(18,19)17-12-15-8(2)6-11(13)16-12/h3-6H,1-2H3,(H,15,16,17). The minimum absolute atomic E-state index is 0.0971. The Morgan fingerprint density at radius 1 is 1.20 bits per heavy atom. The van der Waals surface area contributed by atoms with Gasteiger partial charge < -0.3 is 0 Å². The Labute approximate surface area is 120 Å². The summed E-state index contributed by atoms with van der Waals surface area (Å²) in [5.74, 6) is -1.04. The maximum atomic E-state index is 13.6. The number of rotatable bonds is 3. The molecule has 0 spiro atoms. The highest BCUT2D eigenvalue weighted by atomic mass is 35.5. The molecule has 0 aliphatic rings. The van der Waals surface area contributed by atoms with Crippen LogP contribution in [-0.4, -0.2) is 18.4 Å². The largest absolute Gasteiger partial charge is 0.267 e. The number of sulfonamides is 1. The van der Waals surface area contributed by atoms with Crippen LogP contribution < -0.4 is 4.72 Å². The van der Waals surface area contributed by atoms with Gasteiger partial charge in [-0.3, -0.25) is 0 Å². The van der Waals surface area contributed by atoms with Crippen LogP contribution in [0.5, 0.6) is 0 Å². The van der Waals surface area contributed by atoms with Gasteiger partial charge in [0.25, 0.3) is 10.0 Å². The van der Waals surface area contributed by atoms with Crippen molar-refractivity contribution in [1.29, 1.82) is 0 Å². The summed E-state index contributed by atoms with van der Waals surface area (Å²) < 4.78 is 40.0. The number of hydrogen-bond acceptors (Lipinski definition) is 4. The summed E-state index contributed by atoms with van der Waals surface area (Å²) in [4.78, 5) is 7.17. The Balaban J connectivity index is 2.43. The Morgan fingerprint density at radius 2 is 1.90 bits per heavy atom. The maximum absolute atomic E-state index is 13.6. The summed E-state index contributed by atoms with van der Waals surface area (Å²) in [5, 5.41) is 0.0971. The molecule has 0 amide bonds. The van der Waals surface area contributed by atoms with Crippen LogP contribution in [0.25, 0.3) is 0 Å². The van der Waals surface area contributed by atoms with Crippen molar-refractivity contribution in [3.05, 3.63) is 46.5 Å². The highest BCUT2D eigenvalue weighted by Gasteiger charge is 2.20. The van der Waals surface area contributed by atoms with Gasteiger partial charge in [-0.15, -0.1) is 0 Å². The fraction of sp³-hybridized carbons (Fsp3) is 0.167. The maximum Gasteiger partial charge on any atom is 0.267 e. The summed E-state index contributed by atoms with van der Waals surface area (Å²) >= 11 is 5.72. The number of anilines is 1. The van der Waals surface area contributed by atoms with E-state index in [2.05, 4.69) is 14.7 Å². The van der Waals surface area contributed by atoms with Crippen molar-refractivity contribution >= 4 is 27.6 Å². The molecule has 0 atom stereocenters. The average Bonchev–Trinajstić information content (AvgIpc) is 2.30. The van der Waals surface area contributed by atoms with E-state index in [-0.39, 0.29) is 11.1 Å². The van der Waals surface area contributed by atoms with Gasteiger partial charge in [0, 0.05) is 5.69 Å². The Morgan fingerprint density at radius 3 is 2.55 bits per heavy atom. The zero-order valence-electron chi connectivity index (χ0n) is 10.7. The molecular formula is C12H11ClFN3O2S. The van der Waals surface area contributed by atoms with Crippen LogP contribution in [0.1, 0.15) is 11.3 Å². The van der Waals surface area contributed by atoms with E-state index in [1.54, 1.807) is 13.8 Å². The molecule has 1 N–H and O–H groups in total. The van der Waals surface area contributed by atoms with E-state index in [1.165, 1.54) is 18.2 Å². The Kier molecular flexibility index (Phi) is 3.92. The molecule has 2 rings (SSSR count). The van der Waals surface area contributed by atoms with Gasteiger partial charge in [-0.2, -0.15) is 0 Å². The van der Waals surface area contributed by atoms with Crippen molar-refractivity contribution in [1.82, 2.24) is 9.97 Å². The molecule has 106 valence electrons. The number of aryl methyl sites for hydroxylation is 2. The average molecular weight is 316 g/mol. The summed E-state index contributed by atoms with van der Waals surface area (Å²) in [6, 6.07) is 5.28. The lowest BCUT2D eigenvalue weighted by molar-refractivity contribution is 0.569. The molecule has 0 bridgehead atoms. The van der Waals surface area contributed by atoms with Crippen LogP contribution >= 0.6 is 11.6 Å². The Bertz CT molecular complexity index is 745. The fourth-order valence-corrected chi connectivity index (χ4v) is 2.91. The third-order valence-electron chi connectivity index (χ3n) is 2.42. The van der Waals surface area contributed by atoms with Gasteiger partial charge in [0.05, 0.1) is 0 Å². The zero-order valence-corrected chi connectivity index (χ0v) is 12.3. The third kappa shape index (κ3) is 3.23. The molecule has 0 aliphatic heterocycles. The van der Waals surface area contributed by atoms with Crippen molar-refractivity contribution < 1.29 is 12.8 Å². The van der Waals surface area contributed by atoms with Crippen LogP contribution in [0.15, 0.2) is 29.2 Å². The molecule has 0 unspecified atom stereocenters. The molecule has 20 heavy (non-hydrogen) atoms. The molecule has 0 saturated carbocycles. The smallest absolute Gasteiger partial charge is 0.247 e.